The maximum atomic E-state index is 10.6. The molecule has 0 fully saturated rings. The molecule has 0 saturated carbocycles. The number of hydrazone groups is 1. The van der Waals surface area contributed by atoms with Crippen LogP contribution in [-0.4, -0.2) is 43.6 Å². The van der Waals surface area contributed by atoms with Crippen molar-refractivity contribution in [3.63, 3.8) is 0 Å². The molecule has 0 amide bonds. The Bertz CT molecular complexity index is 356. The van der Waals surface area contributed by atoms with Gasteiger partial charge >= 0.3 is 0 Å². The Labute approximate surface area is 93.8 Å². The molecule has 0 aromatic heterocycles. The van der Waals surface area contributed by atoms with Crippen molar-refractivity contribution in [2.75, 3.05) is 14.1 Å². The average Bonchev–Trinajstić information content (AvgIpc) is 2.30. The molecule has 16 heavy (non-hydrogen) atoms. The van der Waals surface area contributed by atoms with Gasteiger partial charge in [-0.15, -0.1) is 0 Å². The Morgan fingerprint density at radius 1 is 1.38 bits per heavy atom. The number of carbonyl (C=O) groups excluding carboxylic acids is 2. The molecule has 0 heterocycles. The van der Waals surface area contributed by atoms with Gasteiger partial charge in [0, 0.05) is 26.5 Å². The van der Waals surface area contributed by atoms with Gasteiger partial charge in [0.15, 0.2) is 6.29 Å². The van der Waals surface area contributed by atoms with E-state index in [1.807, 2.05) is 0 Å². The molecule has 0 aromatic carbocycles. The molecular weight excluding hydrogens is 208 g/mol. The topological polar surface area (TPSA) is 88.1 Å². The summed E-state index contributed by atoms with van der Waals surface area (Å²) in [5.41, 5.74) is 5.99. The molecular formula is C10H14N4O2. The van der Waals surface area contributed by atoms with E-state index in [1.165, 1.54) is 29.6 Å². The lowest BCUT2D eigenvalue weighted by Crippen LogP contribution is -2.16. The van der Waals surface area contributed by atoms with Gasteiger partial charge in [0.05, 0.1) is 5.70 Å². The molecule has 0 radical (unpaired) electrons. The summed E-state index contributed by atoms with van der Waals surface area (Å²) in [5.74, 6) is 0. The summed E-state index contributed by atoms with van der Waals surface area (Å²) in [6, 6.07) is 0. The second-order valence-corrected chi connectivity index (χ2v) is 2.64. The van der Waals surface area contributed by atoms with Crippen LogP contribution < -0.4 is 5.73 Å². The van der Waals surface area contributed by atoms with Crippen LogP contribution in [0.5, 0.6) is 0 Å². The minimum absolute atomic E-state index is 0.110. The molecule has 0 spiro atoms. The van der Waals surface area contributed by atoms with Crippen LogP contribution in [0.2, 0.25) is 0 Å². The van der Waals surface area contributed by atoms with Gasteiger partial charge in [0.2, 0.25) is 0 Å². The lowest BCUT2D eigenvalue weighted by molar-refractivity contribution is -0.104. The molecule has 0 aliphatic rings. The number of nitrogens with two attached hydrogens (primary N) is 1. The van der Waals surface area contributed by atoms with Crippen LogP contribution in [-0.2, 0) is 9.59 Å². The van der Waals surface area contributed by atoms with Crippen molar-refractivity contribution in [3.05, 3.63) is 24.0 Å². The van der Waals surface area contributed by atoms with E-state index in [1.54, 1.807) is 14.1 Å². The fourth-order valence-electron chi connectivity index (χ4n) is 0.832. The molecule has 6 heteroatoms. The molecule has 0 unspecified atom stereocenters. The Kier molecular flexibility index (Phi) is 6.97. The molecule has 0 aliphatic carbocycles. The first-order chi connectivity index (χ1) is 7.69. The molecule has 0 atom stereocenters. The van der Waals surface area contributed by atoms with E-state index in [0.717, 1.165) is 0 Å². The highest BCUT2D eigenvalue weighted by molar-refractivity contribution is 6.34. The van der Waals surface area contributed by atoms with Crippen LogP contribution in [0, 0.1) is 0 Å². The molecule has 2 N–H and O–H groups in total. The highest BCUT2D eigenvalue weighted by atomic mass is 16.1. The Balaban J connectivity index is 4.89. The Morgan fingerprint density at radius 3 is 2.50 bits per heavy atom. The third-order valence-electron chi connectivity index (χ3n) is 1.54. The maximum Gasteiger partial charge on any atom is 0.170 e. The van der Waals surface area contributed by atoms with Gasteiger partial charge in [-0.3, -0.25) is 19.6 Å². The smallest absolute Gasteiger partial charge is 0.170 e. The fraction of sp³-hybridized carbons (Fsp3) is 0.200. The number of hydrogen-bond acceptors (Lipinski definition) is 6. The van der Waals surface area contributed by atoms with Crippen molar-refractivity contribution in [3.8, 4) is 0 Å². The first kappa shape index (κ1) is 13.8. The van der Waals surface area contributed by atoms with E-state index in [9.17, 15) is 9.59 Å². The molecule has 0 saturated heterocycles. The number of rotatable bonds is 6. The highest BCUT2D eigenvalue weighted by Crippen LogP contribution is 1.98. The van der Waals surface area contributed by atoms with Crippen LogP contribution in [0.1, 0.15) is 0 Å². The van der Waals surface area contributed by atoms with Crippen molar-refractivity contribution in [1.82, 2.24) is 5.01 Å². The number of nitrogens with zero attached hydrogens (tertiary/aromatic N) is 3. The van der Waals surface area contributed by atoms with Crippen LogP contribution in [0.25, 0.3) is 0 Å². The number of carbonyl (C=O) groups is 2. The van der Waals surface area contributed by atoms with Gasteiger partial charge in [0.25, 0.3) is 0 Å². The van der Waals surface area contributed by atoms with Crippen molar-refractivity contribution in [2.45, 2.75) is 0 Å². The average molecular weight is 222 g/mol. The highest BCUT2D eigenvalue weighted by Gasteiger charge is 2.00. The zero-order valence-electron chi connectivity index (χ0n) is 9.20. The molecule has 0 aliphatic heterocycles. The summed E-state index contributed by atoms with van der Waals surface area (Å²) in [4.78, 5) is 24.5. The number of hydrogen-bond donors (Lipinski definition) is 1. The second kappa shape index (κ2) is 8.10. The van der Waals surface area contributed by atoms with Gasteiger partial charge in [-0.2, -0.15) is 5.10 Å². The van der Waals surface area contributed by atoms with Crippen LogP contribution in [0.4, 0.5) is 0 Å². The number of aldehydes is 2. The lowest BCUT2D eigenvalue weighted by atomic mass is 10.4. The van der Waals surface area contributed by atoms with Crippen molar-refractivity contribution in [2.24, 2.45) is 15.8 Å². The molecule has 0 rings (SSSR count). The van der Waals surface area contributed by atoms with E-state index in [4.69, 9.17) is 5.73 Å². The second-order valence-electron chi connectivity index (χ2n) is 2.64. The van der Waals surface area contributed by atoms with E-state index in [0.29, 0.717) is 18.3 Å². The molecule has 0 aromatic rings. The van der Waals surface area contributed by atoms with E-state index >= 15 is 0 Å². The number of aliphatic imine (C=N–C) groups is 1. The first-order valence-electron chi connectivity index (χ1n) is 4.43. The van der Waals surface area contributed by atoms with Crippen LogP contribution in [0.15, 0.2) is 34.1 Å². The normalized spacial score (nSPS) is 13.4. The van der Waals surface area contributed by atoms with Gasteiger partial charge in [-0.1, -0.05) is 0 Å². The van der Waals surface area contributed by atoms with E-state index < -0.39 is 0 Å². The summed E-state index contributed by atoms with van der Waals surface area (Å²) < 4.78 is 0. The van der Waals surface area contributed by atoms with E-state index in [2.05, 4.69) is 10.1 Å². The summed E-state index contributed by atoms with van der Waals surface area (Å²) in [5, 5.41) is 5.30. The van der Waals surface area contributed by atoms with Crippen LogP contribution in [0.3, 0.4) is 0 Å². The third-order valence-corrected chi connectivity index (χ3v) is 1.54. The van der Waals surface area contributed by atoms with Gasteiger partial charge in [-0.25, -0.2) is 0 Å². The zero-order valence-corrected chi connectivity index (χ0v) is 9.20. The third kappa shape index (κ3) is 4.85. The predicted molar refractivity (Wildman–Crippen MR) is 63.2 cm³/mol. The van der Waals surface area contributed by atoms with Gasteiger partial charge in [0.1, 0.15) is 12.0 Å². The summed E-state index contributed by atoms with van der Waals surface area (Å²) in [6.07, 6.45) is 6.38. The SMILES string of the molecule is CN=CC(=CN)N(C)/N=C(C=O)\C=C/C=O. The van der Waals surface area contributed by atoms with Gasteiger partial charge < -0.3 is 5.73 Å². The monoisotopic (exact) mass is 222 g/mol. The lowest BCUT2D eigenvalue weighted by Gasteiger charge is -2.12. The summed E-state index contributed by atoms with van der Waals surface area (Å²) in [7, 11) is 3.20. The predicted octanol–water partition coefficient (Wildman–Crippen LogP) is -0.271. The molecule has 6 nitrogen and oxygen atoms in total. The Morgan fingerprint density at radius 2 is 2.06 bits per heavy atom. The van der Waals surface area contributed by atoms with E-state index in [-0.39, 0.29) is 5.71 Å². The minimum atomic E-state index is 0.110. The zero-order chi connectivity index (χ0) is 12.4. The van der Waals surface area contributed by atoms with Crippen molar-refractivity contribution >= 4 is 24.5 Å². The standard InChI is InChI=1S/C10H14N4O2/c1-12-7-10(6-11)14(2)13-9(8-16)4-3-5-15/h3-8H,11H2,1-2H3/b4-3-,10-6?,12-7?,13-9+. The van der Waals surface area contributed by atoms with Crippen molar-refractivity contribution in [1.29, 1.82) is 0 Å². The van der Waals surface area contributed by atoms with Crippen LogP contribution >= 0.6 is 0 Å². The fourth-order valence-corrected chi connectivity index (χ4v) is 0.832. The number of allylic oxidation sites excluding steroid dienone is 3. The van der Waals surface area contributed by atoms with Gasteiger partial charge in [-0.05, 0) is 12.2 Å². The summed E-state index contributed by atoms with van der Waals surface area (Å²) in [6.45, 7) is 0. The molecule has 0 bridgehead atoms. The minimum Gasteiger partial charge on any atom is -0.403 e. The van der Waals surface area contributed by atoms with Crippen molar-refractivity contribution < 1.29 is 9.59 Å². The largest absolute Gasteiger partial charge is 0.403 e. The Hall–Kier alpha value is -2.24. The first-order valence-corrected chi connectivity index (χ1v) is 4.43. The molecule has 86 valence electrons. The quantitative estimate of drug-likeness (QED) is 0.290. The maximum absolute atomic E-state index is 10.6. The summed E-state index contributed by atoms with van der Waals surface area (Å²) >= 11 is 0.